The summed E-state index contributed by atoms with van der Waals surface area (Å²) in [5.41, 5.74) is 2.25. The van der Waals surface area contributed by atoms with Gasteiger partial charge >= 0.3 is 5.69 Å². The van der Waals surface area contributed by atoms with Crippen molar-refractivity contribution in [2.45, 2.75) is 33.4 Å². The maximum absolute atomic E-state index is 12.4. The monoisotopic (exact) mass is 411 g/mol. The zero-order chi connectivity index (χ0) is 21.7. The highest BCUT2D eigenvalue weighted by molar-refractivity contribution is 5.95. The molecule has 160 valence electrons. The third kappa shape index (κ3) is 5.57. The first kappa shape index (κ1) is 21.8. The lowest BCUT2D eigenvalue weighted by atomic mass is 9.91. The minimum absolute atomic E-state index is 0.129. The van der Waals surface area contributed by atoms with Gasteiger partial charge < -0.3 is 10.1 Å². The van der Waals surface area contributed by atoms with E-state index in [0.29, 0.717) is 6.54 Å². The van der Waals surface area contributed by atoms with Crippen LogP contribution in [0, 0.1) is 22.0 Å². The number of carbonyl (C=O) groups is 1. The Bertz CT molecular complexity index is 888. The standard InChI is InChI=1S/C23H29N3O4/c1-16-10-17(2)14-25(13-16)15-19-6-4-18(5-7-19)12-24-23(27)20-8-9-22(30-3)21(11-20)26(28)29/h4-9,11,16-17H,10,12-15H2,1-3H3,(H,24,27). The van der Waals surface area contributed by atoms with E-state index in [9.17, 15) is 14.9 Å². The molecule has 1 heterocycles. The van der Waals surface area contributed by atoms with Gasteiger partial charge in [0, 0.05) is 37.8 Å². The van der Waals surface area contributed by atoms with E-state index in [1.165, 1.54) is 37.3 Å². The minimum Gasteiger partial charge on any atom is -0.490 e. The smallest absolute Gasteiger partial charge is 0.311 e. The number of hydrogen-bond acceptors (Lipinski definition) is 5. The molecule has 1 fully saturated rings. The highest BCUT2D eigenvalue weighted by Crippen LogP contribution is 2.27. The number of rotatable bonds is 7. The van der Waals surface area contributed by atoms with E-state index in [4.69, 9.17) is 4.74 Å². The molecule has 0 spiro atoms. The summed E-state index contributed by atoms with van der Waals surface area (Å²) in [5.74, 6) is 1.24. The van der Waals surface area contributed by atoms with Gasteiger partial charge in [-0.3, -0.25) is 19.8 Å². The quantitative estimate of drug-likeness (QED) is 0.550. The molecule has 2 aromatic rings. The van der Waals surface area contributed by atoms with Gasteiger partial charge in [0.2, 0.25) is 0 Å². The van der Waals surface area contributed by atoms with Crippen molar-refractivity contribution < 1.29 is 14.5 Å². The molecule has 0 aromatic heterocycles. The van der Waals surface area contributed by atoms with Gasteiger partial charge in [-0.2, -0.15) is 0 Å². The summed E-state index contributed by atoms with van der Waals surface area (Å²) in [5, 5.41) is 14.0. The summed E-state index contributed by atoms with van der Waals surface area (Å²) < 4.78 is 4.97. The lowest BCUT2D eigenvalue weighted by molar-refractivity contribution is -0.385. The van der Waals surface area contributed by atoms with Crippen LogP contribution in [-0.2, 0) is 13.1 Å². The summed E-state index contributed by atoms with van der Waals surface area (Å²) in [6.45, 7) is 8.19. The molecule has 1 N–H and O–H groups in total. The zero-order valence-electron chi connectivity index (χ0n) is 17.8. The molecule has 30 heavy (non-hydrogen) atoms. The first-order valence-corrected chi connectivity index (χ1v) is 10.3. The Kier molecular flexibility index (Phi) is 7.05. The van der Waals surface area contributed by atoms with Crippen molar-refractivity contribution in [1.82, 2.24) is 10.2 Å². The number of nitro benzene ring substituents is 1. The van der Waals surface area contributed by atoms with Gasteiger partial charge in [0.15, 0.2) is 5.75 Å². The number of nitro groups is 1. The number of methoxy groups -OCH3 is 1. The Balaban J connectivity index is 1.56. The highest BCUT2D eigenvalue weighted by atomic mass is 16.6. The molecule has 2 unspecified atom stereocenters. The van der Waals surface area contributed by atoms with Crippen molar-refractivity contribution in [3.05, 3.63) is 69.3 Å². The second kappa shape index (κ2) is 9.71. The van der Waals surface area contributed by atoms with Crippen LogP contribution in [0.25, 0.3) is 0 Å². The van der Waals surface area contributed by atoms with E-state index in [1.54, 1.807) is 0 Å². The van der Waals surface area contributed by atoms with Crippen molar-refractivity contribution >= 4 is 11.6 Å². The third-order valence-corrected chi connectivity index (χ3v) is 5.46. The summed E-state index contributed by atoms with van der Waals surface area (Å²) in [4.78, 5) is 25.5. The normalized spacial score (nSPS) is 19.3. The van der Waals surface area contributed by atoms with Crippen LogP contribution in [0.2, 0.25) is 0 Å². The summed E-state index contributed by atoms with van der Waals surface area (Å²) in [7, 11) is 1.36. The van der Waals surface area contributed by atoms with Crippen LogP contribution in [0.5, 0.6) is 5.75 Å². The Labute approximate surface area is 177 Å². The summed E-state index contributed by atoms with van der Waals surface area (Å²) in [6.07, 6.45) is 1.30. The van der Waals surface area contributed by atoms with Crippen molar-refractivity contribution in [1.29, 1.82) is 0 Å². The van der Waals surface area contributed by atoms with Crippen molar-refractivity contribution in [2.75, 3.05) is 20.2 Å². The van der Waals surface area contributed by atoms with Gasteiger partial charge in [-0.05, 0) is 41.5 Å². The van der Waals surface area contributed by atoms with Crippen LogP contribution in [0.3, 0.4) is 0 Å². The van der Waals surface area contributed by atoms with Gasteiger partial charge in [-0.25, -0.2) is 0 Å². The van der Waals surface area contributed by atoms with E-state index in [0.717, 1.165) is 37.0 Å². The molecule has 0 saturated carbocycles. The molecule has 3 rings (SSSR count). The number of benzene rings is 2. The van der Waals surface area contributed by atoms with Crippen molar-refractivity contribution in [3.63, 3.8) is 0 Å². The fourth-order valence-corrected chi connectivity index (χ4v) is 4.20. The Morgan fingerprint density at radius 2 is 1.77 bits per heavy atom. The van der Waals surface area contributed by atoms with Crippen LogP contribution in [0.1, 0.15) is 41.8 Å². The van der Waals surface area contributed by atoms with E-state index in [-0.39, 0.29) is 22.9 Å². The van der Waals surface area contributed by atoms with Gasteiger partial charge in [-0.1, -0.05) is 38.1 Å². The number of carbonyl (C=O) groups excluding carboxylic acids is 1. The predicted molar refractivity (Wildman–Crippen MR) is 115 cm³/mol. The molecule has 7 nitrogen and oxygen atoms in total. The third-order valence-electron chi connectivity index (χ3n) is 5.46. The molecule has 2 aromatic carbocycles. The molecule has 0 aliphatic carbocycles. The molecule has 0 radical (unpaired) electrons. The predicted octanol–water partition coefficient (Wildman–Crippen LogP) is 4.01. The lowest BCUT2D eigenvalue weighted by Gasteiger charge is -2.35. The SMILES string of the molecule is COc1ccc(C(=O)NCc2ccc(CN3CC(C)CC(C)C3)cc2)cc1[N+](=O)[O-]. The molecule has 1 aliphatic heterocycles. The summed E-state index contributed by atoms with van der Waals surface area (Å²) in [6, 6.07) is 12.4. The highest BCUT2D eigenvalue weighted by Gasteiger charge is 2.21. The maximum Gasteiger partial charge on any atom is 0.311 e. The van der Waals surface area contributed by atoms with E-state index in [2.05, 4.69) is 36.2 Å². The molecular formula is C23H29N3O4. The van der Waals surface area contributed by atoms with E-state index >= 15 is 0 Å². The van der Waals surface area contributed by atoms with Gasteiger partial charge in [0.1, 0.15) is 0 Å². The average molecular weight is 412 g/mol. The lowest BCUT2D eigenvalue weighted by Crippen LogP contribution is -2.38. The number of ether oxygens (including phenoxy) is 1. The Morgan fingerprint density at radius 1 is 1.13 bits per heavy atom. The minimum atomic E-state index is -0.557. The average Bonchev–Trinajstić information content (AvgIpc) is 2.71. The summed E-state index contributed by atoms with van der Waals surface area (Å²) >= 11 is 0. The van der Waals surface area contributed by atoms with Gasteiger partial charge in [0.25, 0.3) is 5.91 Å². The maximum atomic E-state index is 12.4. The number of nitrogens with zero attached hydrogens (tertiary/aromatic N) is 2. The first-order chi connectivity index (χ1) is 14.4. The van der Waals surface area contributed by atoms with E-state index in [1.807, 2.05) is 12.1 Å². The molecule has 1 saturated heterocycles. The van der Waals surface area contributed by atoms with E-state index < -0.39 is 4.92 Å². The van der Waals surface area contributed by atoms with Crippen molar-refractivity contribution in [2.24, 2.45) is 11.8 Å². The fourth-order valence-electron chi connectivity index (χ4n) is 4.20. The molecule has 2 atom stereocenters. The molecular weight excluding hydrogens is 382 g/mol. The number of amides is 1. The van der Waals surface area contributed by atoms with Crippen LogP contribution in [0.4, 0.5) is 5.69 Å². The second-order valence-electron chi connectivity index (χ2n) is 8.28. The number of likely N-dealkylation sites (tertiary alicyclic amines) is 1. The Hall–Kier alpha value is -2.93. The number of hydrogen-bond donors (Lipinski definition) is 1. The van der Waals surface area contributed by atoms with Gasteiger partial charge in [0.05, 0.1) is 12.0 Å². The largest absolute Gasteiger partial charge is 0.490 e. The van der Waals surface area contributed by atoms with Crippen molar-refractivity contribution in [3.8, 4) is 5.75 Å². The molecule has 7 heteroatoms. The topological polar surface area (TPSA) is 84.7 Å². The van der Waals surface area contributed by atoms with Crippen LogP contribution in [-0.4, -0.2) is 35.9 Å². The fraction of sp³-hybridized carbons (Fsp3) is 0.435. The van der Waals surface area contributed by atoms with Crippen LogP contribution in [0.15, 0.2) is 42.5 Å². The van der Waals surface area contributed by atoms with Crippen LogP contribution < -0.4 is 10.1 Å². The zero-order valence-corrected chi connectivity index (χ0v) is 17.8. The first-order valence-electron chi connectivity index (χ1n) is 10.3. The van der Waals surface area contributed by atoms with Crippen LogP contribution >= 0.6 is 0 Å². The number of nitrogens with one attached hydrogen (secondary N) is 1. The molecule has 1 aliphatic rings. The molecule has 1 amide bonds. The molecule has 0 bridgehead atoms. The Morgan fingerprint density at radius 3 is 2.37 bits per heavy atom. The number of piperidine rings is 1. The second-order valence-corrected chi connectivity index (χ2v) is 8.28. The van der Waals surface area contributed by atoms with Gasteiger partial charge in [-0.15, -0.1) is 0 Å².